The van der Waals surface area contributed by atoms with Crippen LogP contribution in [0.3, 0.4) is 0 Å². The van der Waals surface area contributed by atoms with Crippen molar-refractivity contribution in [2.24, 2.45) is 5.14 Å². The molecule has 26 heavy (non-hydrogen) atoms. The minimum Gasteiger partial charge on any atom is -0.493 e. The Hall–Kier alpha value is -2.85. The fourth-order valence-electron chi connectivity index (χ4n) is 2.31. The average molecular weight is 381 g/mol. The fraction of sp³-hybridized carbons (Fsp3) is 0.250. The lowest BCUT2D eigenvalue weighted by atomic mass is 10.2. The summed E-state index contributed by atoms with van der Waals surface area (Å²) in [5, 5.41) is 16.1. The standard InChI is InChI=1S/C16H19N3O6S/c1-18(9-10-25-15-6-4-3-5-14(15)24-2)13-8-7-12(19(20)21)11-16(13)26(17,22)23/h3-8,11H,9-10H2,1-2H3,(H2,17,22,23). The van der Waals surface area contributed by atoms with Crippen LogP contribution in [0.2, 0.25) is 0 Å². The Morgan fingerprint density at radius 3 is 2.42 bits per heavy atom. The van der Waals surface area contributed by atoms with Gasteiger partial charge in [-0.1, -0.05) is 12.1 Å². The monoisotopic (exact) mass is 381 g/mol. The fourth-order valence-corrected chi connectivity index (χ4v) is 3.11. The van der Waals surface area contributed by atoms with Crippen LogP contribution in [-0.4, -0.2) is 40.7 Å². The molecule has 10 heteroatoms. The van der Waals surface area contributed by atoms with Gasteiger partial charge < -0.3 is 14.4 Å². The predicted octanol–water partition coefficient (Wildman–Crippen LogP) is 1.77. The minimum absolute atomic E-state index is 0.234. The van der Waals surface area contributed by atoms with E-state index in [-0.39, 0.29) is 22.9 Å². The summed E-state index contributed by atoms with van der Waals surface area (Å²) in [4.78, 5) is 11.5. The lowest BCUT2D eigenvalue weighted by Crippen LogP contribution is -2.26. The van der Waals surface area contributed by atoms with Crippen molar-refractivity contribution in [1.29, 1.82) is 0 Å². The van der Waals surface area contributed by atoms with Gasteiger partial charge in [0.15, 0.2) is 11.5 Å². The van der Waals surface area contributed by atoms with Crippen LogP contribution in [0.5, 0.6) is 11.5 Å². The summed E-state index contributed by atoms with van der Waals surface area (Å²) in [5.41, 5.74) is -0.0989. The first kappa shape index (κ1) is 19.5. The minimum atomic E-state index is -4.13. The molecule has 0 aliphatic rings. The van der Waals surface area contributed by atoms with E-state index in [0.717, 1.165) is 6.07 Å². The molecule has 0 aliphatic heterocycles. The van der Waals surface area contributed by atoms with E-state index in [1.165, 1.54) is 19.2 Å². The Morgan fingerprint density at radius 1 is 1.19 bits per heavy atom. The smallest absolute Gasteiger partial charge is 0.270 e. The number of anilines is 1. The Bertz CT molecular complexity index is 901. The Kier molecular flexibility index (Phi) is 6.01. The third kappa shape index (κ3) is 4.61. The van der Waals surface area contributed by atoms with Crippen LogP contribution in [0.1, 0.15) is 0 Å². The van der Waals surface area contributed by atoms with Crippen LogP contribution in [0, 0.1) is 10.1 Å². The number of para-hydroxylation sites is 2. The maximum atomic E-state index is 11.8. The zero-order chi connectivity index (χ0) is 19.3. The van der Waals surface area contributed by atoms with Crippen molar-refractivity contribution >= 4 is 21.4 Å². The summed E-state index contributed by atoms with van der Waals surface area (Å²) in [6.45, 7) is 0.552. The van der Waals surface area contributed by atoms with Crippen molar-refractivity contribution in [1.82, 2.24) is 0 Å². The molecule has 2 N–H and O–H groups in total. The van der Waals surface area contributed by atoms with Gasteiger partial charge in [-0.25, -0.2) is 13.6 Å². The van der Waals surface area contributed by atoms with E-state index in [1.54, 1.807) is 30.1 Å². The number of nitrogens with zero attached hydrogens (tertiary/aromatic N) is 2. The van der Waals surface area contributed by atoms with Crippen LogP contribution in [-0.2, 0) is 10.0 Å². The molecule has 0 heterocycles. The highest BCUT2D eigenvalue weighted by atomic mass is 32.2. The van der Waals surface area contributed by atoms with Crippen LogP contribution in [0.25, 0.3) is 0 Å². The third-order valence-corrected chi connectivity index (χ3v) is 4.57. The number of hydrogen-bond donors (Lipinski definition) is 1. The van der Waals surface area contributed by atoms with E-state index in [9.17, 15) is 18.5 Å². The van der Waals surface area contributed by atoms with E-state index in [4.69, 9.17) is 14.6 Å². The molecular weight excluding hydrogens is 362 g/mol. The number of benzene rings is 2. The van der Waals surface area contributed by atoms with E-state index < -0.39 is 14.9 Å². The second-order valence-corrected chi connectivity index (χ2v) is 6.90. The first-order chi connectivity index (χ1) is 12.2. The Labute approximate surface area is 151 Å². The zero-order valence-corrected chi connectivity index (χ0v) is 15.1. The van der Waals surface area contributed by atoms with Gasteiger partial charge in [-0.2, -0.15) is 0 Å². The molecule has 2 aromatic carbocycles. The normalized spacial score (nSPS) is 11.0. The molecule has 2 aromatic rings. The molecule has 0 aromatic heterocycles. The lowest BCUT2D eigenvalue weighted by Gasteiger charge is -2.22. The Morgan fingerprint density at radius 2 is 1.85 bits per heavy atom. The van der Waals surface area contributed by atoms with Crippen LogP contribution in [0.4, 0.5) is 11.4 Å². The van der Waals surface area contributed by atoms with Crippen molar-refractivity contribution in [3.63, 3.8) is 0 Å². The van der Waals surface area contributed by atoms with Gasteiger partial charge in [-0.3, -0.25) is 10.1 Å². The maximum Gasteiger partial charge on any atom is 0.270 e. The quantitative estimate of drug-likeness (QED) is 0.545. The van der Waals surface area contributed by atoms with Gasteiger partial charge >= 0.3 is 0 Å². The molecule has 2 rings (SSSR count). The number of ether oxygens (including phenoxy) is 2. The number of likely N-dealkylation sites (N-methyl/N-ethyl adjacent to an activating group) is 1. The number of methoxy groups -OCH3 is 1. The molecule has 0 aliphatic carbocycles. The highest BCUT2D eigenvalue weighted by Gasteiger charge is 2.21. The molecule has 0 spiro atoms. The molecule has 9 nitrogen and oxygen atoms in total. The highest BCUT2D eigenvalue weighted by Crippen LogP contribution is 2.29. The van der Waals surface area contributed by atoms with Gasteiger partial charge in [0.05, 0.1) is 24.3 Å². The van der Waals surface area contributed by atoms with Gasteiger partial charge in [0.25, 0.3) is 5.69 Å². The number of primary sulfonamides is 1. The van der Waals surface area contributed by atoms with Crippen molar-refractivity contribution in [2.45, 2.75) is 4.90 Å². The SMILES string of the molecule is COc1ccccc1OCCN(C)c1ccc([N+](=O)[O-])cc1S(N)(=O)=O. The molecule has 0 fully saturated rings. The summed E-state index contributed by atoms with van der Waals surface area (Å²) >= 11 is 0. The molecule has 0 saturated carbocycles. The topological polar surface area (TPSA) is 125 Å². The molecule has 0 unspecified atom stereocenters. The highest BCUT2D eigenvalue weighted by molar-refractivity contribution is 7.89. The van der Waals surface area contributed by atoms with Crippen LogP contribution >= 0.6 is 0 Å². The van der Waals surface area contributed by atoms with E-state index in [1.807, 2.05) is 6.07 Å². The van der Waals surface area contributed by atoms with Crippen LogP contribution < -0.4 is 19.5 Å². The zero-order valence-electron chi connectivity index (χ0n) is 14.3. The van der Waals surface area contributed by atoms with Gasteiger partial charge in [-0.15, -0.1) is 0 Å². The molecule has 140 valence electrons. The lowest BCUT2D eigenvalue weighted by molar-refractivity contribution is -0.385. The second kappa shape index (κ2) is 8.02. The number of hydrogen-bond acceptors (Lipinski definition) is 7. The van der Waals surface area contributed by atoms with Gasteiger partial charge in [0.2, 0.25) is 10.0 Å². The van der Waals surface area contributed by atoms with Crippen molar-refractivity contribution in [2.75, 3.05) is 32.2 Å². The van der Waals surface area contributed by atoms with E-state index in [0.29, 0.717) is 18.0 Å². The summed E-state index contributed by atoms with van der Waals surface area (Å²) in [6.07, 6.45) is 0. The van der Waals surface area contributed by atoms with Gasteiger partial charge in [0, 0.05) is 19.2 Å². The number of nitro benzene ring substituents is 1. The number of nitro groups is 1. The predicted molar refractivity (Wildman–Crippen MR) is 96.2 cm³/mol. The first-order valence-electron chi connectivity index (χ1n) is 7.52. The maximum absolute atomic E-state index is 11.8. The summed E-state index contributed by atoms with van der Waals surface area (Å²) < 4.78 is 34.4. The van der Waals surface area contributed by atoms with E-state index >= 15 is 0 Å². The van der Waals surface area contributed by atoms with Crippen molar-refractivity contribution in [3.8, 4) is 11.5 Å². The largest absolute Gasteiger partial charge is 0.493 e. The average Bonchev–Trinajstić information content (AvgIpc) is 2.60. The first-order valence-corrected chi connectivity index (χ1v) is 9.07. The molecular formula is C16H19N3O6S. The molecule has 0 radical (unpaired) electrons. The molecule has 0 atom stereocenters. The number of sulfonamides is 1. The third-order valence-electron chi connectivity index (χ3n) is 3.63. The van der Waals surface area contributed by atoms with Gasteiger partial charge in [-0.05, 0) is 18.2 Å². The number of non-ortho nitro benzene ring substituents is 1. The van der Waals surface area contributed by atoms with E-state index in [2.05, 4.69) is 0 Å². The molecule has 0 saturated heterocycles. The summed E-state index contributed by atoms with van der Waals surface area (Å²) in [6, 6.07) is 10.6. The summed E-state index contributed by atoms with van der Waals surface area (Å²) in [7, 11) is -0.958. The van der Waals surface area contributed by atoms with Gasteiger partial charge in [0.1, 0.15) is 11.5 Å². The van der Waals surface area contributed by atoms with Crippen LogP contribution in [0.15, 0.2) is 47.4 Å². The number of nitrogens with two attached hydrogens (primary N) is 1. The second-order valence-electron chi connectivity index (χ2n) is 5.38. The molecule has 0 amide bonds. The molecule has 0 bridgehead atoms. The van der Waals surface area contributed by atoms with Crippen molar-refractivity contribution in [3.05, 3.63) is 52.6 Å². The number of rotatable bonds is 8. The Balaban J connectivity index is 2.16. The van der Waals surface area contributed by atoms with Crippen molar-refractivity contribution < 1.29 is 22.8 Å². The summed E-state index contributed by atoms with van der Waals surface area (Å²) in [5.74, 6) is 1.13.